The van der Waals surface area contributed by atoms with E-state index in [0.29, 0.717) is 4.77 Å². The molecule has 3 rings (SSSR count). The van der Waals surface area contributed by atoms with E-state index < -0.39 is 0 Å². The van der Waals surface area contributed by atoms with Crippen LogP contribution in [0.2, 0.25) is 0 Å². The highest BCUT2D eigenvalue weighted by Gasteiger charge is 2.07. The molecule has 0 radical (unpaired) electrons. The molecular weight excluding hydrogens is 221 g/mol. The molecule has 2 heterocycles. The molecule has 0 fully saturated rings. The molecule has 0 atom stereocenters. The van der Waals surface area contributed by atoms with Crippen molar-refractivity contribution in [2.45, 2.75) is 0 Å². The first kappa shape index (κ1) is 8.07. The molecule has 0 bridgehead atoms. The number of hydrogen-bond donors (Lipinski definition) is 1. The third-order valence-electron chi connectivity index (χ3n) is 2.01. The molecular formula is C8H4FN3S2. The van der Waals surface area contributed by atoms with Gasteiger partial charge in [0.1, 0.15) is 5.82 Å². The Morgan fingerprint density at radius 3 is 3.21 bits per heavy atom. The van der Waals surface area contributed by atoms with E-state index in [1.807, 2.05) is 0 Å². The Morgan fingerprint density at radius 1 is 1.50 bits per heavy atom. The van der Waals surface area contributed by atoms with E-state index in [4.69, 9.17) is 12.2 Å². The minimum atomic E-state index is -0.239. The Balaban J connectivity index is 2.65. The first-order valence-corrected chi connectivity index (χ1v) is 5.13. The summed E-state index contributed by atoms with van der Waals surface area (Å²) in [4.78, 5) is 0.760. The molecule has 0 amide bonds. The van der Waals surface area contributed by atoms with E-state index in [-0.39, 0.29) is 5.82 Å². The number of aromatic nitrogens is 3. The largest absolute Gasteiger partial charge is 0.259 e. The lowest BCUT2D eigenvalue weighted by atomic mass is 10.3. The van der Waals surface area contributed by atoms with Gasteiger partial charge in [-0.15, -0.1) is 5.10 Å². The van der Waals surface area contributed by atoms with Gasteiger partial charge >= 0.3 is 0 Å². The molecule has 0 aliphatic heterocycles. The highest BCUT2D eigenvalue weighted by atomic mass is 32.1. The summed E-state index contributed by atoms with van der Waals surface area (Å²) in [5.74, 6) is -0.239. The number of rotatable bonds is 0. The lowest BCUT2D eigenvalue weighted by Gasteiger charge is -1.89. The smallest absolute Gasteiger partial charge is 0.215 e. The summed E-state index contributed by atoms with van der Waals surface area (Å²) < 4.78 is 16.1. The molecule has 1 aromatic carbocycles. The van der Waals surface area contributed by atoms with Gasteiger partial charge in [-0.05, 0) is 30.4 Å². The van der Waals surface area contributed by atoms with E-state index in [1.54, 1.807) is 10.5 Å². The van der Waals surface area contributed by atoms with Gasteiger partial charge in [-0.3, -0.25) is 9.50 Å². The highest BCUT2D eigenvalue weighted by Crippen LogP contribution is 2.25. The van der Waals surface area contributed by atoms with Crippen LogP contribution in [-0.2, 0) is 0 Å². The zero-order chi connectivity index (χ0) is 9.71. The SMILES string of the molecule is Fc1ccc2c(c1)sc1n[nH]c(=S)n12. The van der Waals surface area contributed by atoms with Crippen molar-refractivity contribution in [1.82, 2.24) is 14.6 Å². The van der Waals surface area contributed by atoms with Crippen molar-refractivity contribution in [2.24, 2.45) is 0 Å². The molecule has 2 aromatic heterocycles. The van der Waals surface area contributed by atoms with Gasteiger partial charge in [-0.25, -0.2) is 4.39 Å². The average molecular weight is 225 g/mol. The van der Waals surface area contributed by atoms with Gasteiger partial charge < -0.3 is 0 Å². The van der Waals surface area contributed by atoms with Crippen LogP contribution in [0.15, 0.2) is 18.2 Å². The highest BCUT2D eigenvalue weighted by molar-refractivity contribution is 7.71. The summed E-state index contributed by atoms with van der Waals surface area (Å²) >= 11 is 6.47. The van der Waals surface area contributed by atoms with Crippen molar-refractivity contribution in [3.05, 3.63) is 28.8 Å². The van der Waals surface area contributed by atoms with Gasteiger partial charge in [-0.2, -0.15) is 0 Å². The maximum absolute atomic E-state index is 12.9. The molecule has 1 N–H and O–H groups in total. The number of benzene rings is 1. The van der Waals surface area contributed by atoms with Crippen LogP contribution in [0.3, 0.4) is 0 Å². The molecule has 3 aromatic rings. The quantitative estimate of drug-likeness (QED) is 0.597. The standard InChI is InChI=1S/C8H4FN3S2/c9-4-1-2-5-6(3-4)14-8-11-10-7(13)12(5)8/h1-3H,(H,10,13). The van der Waals surface area contributed by atoms with Gasteiger partial charge in [0.05, 0.1) is 10.2 Å². The number of nitrogens with zero attached hydrogens (tertiary/aromatic N) is 2. The lowest BCUT2D eigenvalue weighted by Crippen LogP contribution is -1.80. The first-order valence-electron chi connectivity index (χ1n) is 3.91. The average Bonchev–Trinajstić information content (AvgIpc) is 2.66. The van der Waals surface area contributed by atoms with Crippen LogP contribution in [0.4, 0.5) is 4.39 Å². The van der Waals surface area contributed by atoms with Crippen molar-refractivity contribution in [3.8, 4) is 0 Å². The minimum Gasteiger partial charge on any atom is -0.259 e. The van der Waals surface area contributed by atoms with Crippen molar-refractivity contribution in [3.63, 3.8) is 0 Å². The van der Waals surface area contributed by atoms with Gasteiger partial charge in [-0.1, -0.05) is 11.3 Å². The van der Waals surface area contributed by atoms with Crippen molar-refractivity contribution in [1.29, 1.82) is 0 Å². The fourth-order valence-corrected chi connectivity index (χ4v) is 2.71. The number of nitrogens with one attached hydrogen (secondary N) is 1. The van der Waals surface area contributed by atoms with Crippen molar-refractivity contribution >= 4 is 38.7 Å². The second kappa shape index (κ2) is 2.61. The zero-order valence-corrected chi connectivity index (χ0v) is 8.45. The lowest BCUT2D eigenvalue weighted by molar-refractivity contribution is 0.630. The maximum Gasteiger partial charge on any atom is 0.215 e. The summed E-state index contributed by atoms with van der Waals surface area (Å²) in [5.41, 5.74) is 0.894. The molecule has 0 saturated heterocycles. The van der Waals surface area contributed by atoms with E-state index in [9.17, 15) is 4.39 Å². The fraction of sp³-hybridized carbons (Fsp3) is 0. The summed E-state index contributed by atoms with van der Waals surface area (Å²) in [7, 11) is 0. The minimum absolute atomic E-state index is 0.239. The Bertz CT molecular complexity index is 679. The van der Waals surface area contributed by atoms with Gasteiger partial charge in [0, 0.05) is 0 Å². The molecule has 0 spiro atoms. The summed E-state index contributed by atoms with van der Waals surface area (Å²) in [6.45, 7) is 0. The summed E-state index contributed by atoms with van der Waals surface area (Å²) in [5, 5.41) is 6.72. The van der Waals surface area contributed by atoms with E-state index in [0.717, 1.165) is 15.2 Å². The molecule has 6 heteroatoms. The van der Waals surface area contributed by atoms with Crippen LogP contribution in [0.5, 0.6) is 0 Å². The second-order valence-electron chi connectivity index (χ2n) is 2.86. The van der Waals surface area contributed by atoms with E-state index in [1.165, 1.54) is 23.5 Å². The number of fused-ring (bicyclic) bond motifs is 3. The maximum atomic E-state index is 12.9. The molecule has 0 unspecified atom stereocenters. The third kappa shape index (κ3) is 0.948. The van der Waals surface area contributed by atoms with Crippen molar-refractivity contribution in [2.75, 3.05) is 0 Å². The van der Waals surface area contributed by atoms with E-state index >= 15 is 0 Å². The predicted molar refractivity (Wildman–Crippen MR) is 55.7 cm³/mol. The monoisotopic (exact) mass is 225 g/mol. The van der Waals surface area contributed by atoms with Crippen LogP contribution < -0.4 is 0 Å². The Labute approximate surface area is 86.8 Å². The first-order chi connectivity index (χ1) is 6.75. The van der Waals surface area contributed by atoms with E-state index in [2.05, 4.69) is 10.2 Å². The van der Waals surface area contributed by atoms with Crippen LogP contribution >= 0.6 is 23.6 Å². The summed E-state index contributed by atoms with van der Waals surface area (Å²) in [6.07, 6.45) is 0. The second-order valence-corrected chi connectivity index (χ2v) is 4.26. The Hall–Kier alpha value is -1.27. The number of H-pyrrole nitrogens is 1. The van der Waals surface area contributed by atoms with Gasteiger partial charge in [0.25, 0.3) is 0 Å². The fourth-order valence-electron chi connectivity index (χ4n) is 1.42. The zero-order valence-electron chi connectivity index (χ0n) is 6.82. The third-order valence-corrected chi connectivity index (χ3v) is 3.28. The van der Waals surface area contributed by atoms with Crippen LogP contribution in [0.1, 0.15) is 0 Å². The molecule has 3 nitrogen and oxygen atoms in total. The number of hydrogen-bond acceptors (Lipinski definition) is 3. The Morgan fingerprint density at radius 2 is 2.36 bits per heavy atom. The molecule has 0 saturated carbocycles. The molecule has 70 valence electrons. The number of aromatic amines is 1. The normalized spacial score (nSPS) is 11.5. The van der Waals surface area contributed by atoms with Gasteiger partial charge in [0.2, 0.25) is 9.73 Å². The number of halogens is 1. The molecule has 0 aliphatic carbocycles. The molecule has 0 aliphatic rings. The predicted octanol–water partition coefficient (Wildman–Crippen LogP) is 2.75. The number of thiazole rings is 1. The van der Waals surface area contributed by atoms with Crippen molar-refractivity contribution < 1.29 is 4.39 Å². The Kier molecular flexibility index (Phi) is 1.51. The van der Waals surface area contributed by atoms with Crippen LogP contribution in [-0.4, -0.2) is 14.6 Å². The molecule has 14 heavy (non-hydrogen) atoms. The summed E-state index contributed by atoms with van der Waals surface area (Å²) in [6, 6.07) is 4.62. The van der Waals surface area contributed by atoms with Crippen LogP contribution in [0, 0.1) is 10.6 Å². The topological polar surface area (TPSA) is 33.1 Å². The van der Waals surface area contributed by atoms with Gasteiger partial charge in [0.15, 0.2) is 0 Å². The van der Waals surface area contributed by atoms with Crippen LogP contribution in [0.25, 0.3) is 15.2 Å².